The number of furan rings is 1. The number of Topliss-reactive ketones (excluding diaryl/α,β-unsaturated/α-hetero) is 1. The zero-order chi connectivity index (χ0) is 19.4. The summed E-state index contributed by atoms with van der Waals surface area (Å²) in [5.41, 5.74) is 2.47. The van der Waals surface area contributed by atoms with Gasteiger partial charge in [-0.2, -0.15) is 0 Å². The lowest BCUT2D eigenvalue weighted by Gasteiger charge is -2.08. The molecule has 0 unspecified atom stereocenters. The van der Waals surface area contributed by atoms with E-state index in [2.05, 4.69) is 10.6 Å². The van der Waals surface area contributed by atoms with E-state index in [1.807, 2.05) is 38.3 Å². The Morgan fingerprint density at radius 3 is 2.70 bits per heavy atom. The largest absolute Gasteiger partial charge is 0.462 e. The smallest absolute Gasteiger partial charge is 0.331 e. The number of carbonyl (C=O) groups excluding carboxylic acids is 2. The molecule has 0 spiro atoms. The third-order valence-electron chi connectivity index (χ3n) is 4.26. The van der Waals surface area contributed by atoms with Gasteiger partial charge in [0.1, 0.15) is 11.5 Å². The fraction of sp³-hybridized carbons (Fsp3) is 0.238. The van der Waals surface area contributed by atoms with E-state index >= 15 is 0 Å². The molecule has 0 saturated heterocycles. The van der Waals surface area contributed by atoms with Crippen molar-refractivity contribution in [3.05, 3.63) is 75.1 Å². The topological polar surface area (TPSA) is 61.4 Å². The van der Waals surface area contributed by atoms with Gasteiger partial charge in [0.25, 0.3) is 0 Å². The molecule has 27 heavy (non-hydrogen) atoms. The van der Waals surface area contributed by atoms with Crippen LogP contribution in [0.1, 0.15) is 38.1 Å². The molecular weight excluding hydrogens is 362 g/mol. The van der Waals surface area contributed by atoms with Crippen molar-refractivity contribution < 1.29 is 18.7 Å². The third kappa shape index (κ3) is 4.65. The van der Waals surface area contributed by atoms with Crippen molar-refractivity contribution in [1.82, 2.24) is 4.57 Å². The number of carbonyl (C=O) groups is 2. The Bertz CT molecular complexity index is 976. The van der Waals surface area contributed by atoms with Crippen LogP contribution in [-0.4, -0.2) is 22.9 Å². The fourth-order valence-corrected chi connectivity index (χ4v) is 3.53. The lowest BCUT2D eigenvalue weighted by atomic mass is 10.1. The second kappa shape index (κ2) is 8.22. The van der Waals surface area contributed by atoms with Gasteiger partial charge in [0.05, 0.1) is 6.54 Å². The van der Waals surface area contributed by atoms with E-state index in [1.54, 1.807) is 23.5 Å². The number of ether oxygens (including phenoxy) is 1. The molecule has 0 bridgehead atoms. The van der Waals surface area contributed by atoms with Crippen molar-refractivity contribution in [3.63, 3.8) is 0 Å². The summed E-state index contributed by atoms with van der Waals surface area (Å²) < 4.78 is 12.5. The number of hydrogen-bond acceptors (Lipinski definition) is 5. The van der Waals surface area contributed by atoms with Crippen LogP contribution in [0.5, 0.6) is 0 Å². The average Bonchev–Trinajstić information content (AvgIpc) is 3.36. The maximum Gasteiger partial charge on any atom is 0.331 e. The van der Waals surface area contributed by atoms with Gasteiger partial charge < -0.3 is 13.7 Å². The molecule has 0 N–H and O–H groups in total. The van der Waals surface area contributed by atoms with Crippen molar-refractivity contribution >= 4 is 29.2 Å². The predicted octanol–water partition coefficient (Wildman–Crippen LogP) is 4.56. The molecule has 3 rings (SSSR count). The monoisotopic (exact) mass is 383 g/mol. The SMILES string of the molecule is Cc1ccc(/C=C/C(=O)OCC(=O)c2cc(C)n(Cc3cccs3)c2C)o1. The molecule has 0 aliphatic carbocycles. The molecule has 5 nitrogen and oxygen atoms in total. The normalized spacial score (nSPS) is 11.2. The van der Waals surface area contributed by atoms with Crippen LogP contribution in [-0.2, 0) is 16.1 Å². The van der Waals surface area contributed by atoms with E-state index in [4.69, 9.17) is 9.15 Å². The van der Waals surface area contributed by atoms with Gasteiger partial charge in [-0.15, -0.1) is 11.3 Å². The molecule has 3 aromatic rings. The highest BCUT2D eigenvalue weighted by molar-refractivity contribution is 7.09. The molecule has 0 atom stereocenters. The molecule has 0 amide bonds. The minimum absolute atomic E-state index is 0.212. The van der Waals surface area contributed by atoms with Gasteiger partial charge in [0, 0.05) is 27.9 Å². The van der Waals surface area contributed by atoms with Crippen LogP contribution in [0.3, 0.4) is 0 Å². The quantitative estimate of drug-likeness (QED) is 0.341. The first kappa shape index (κ1) is 18.9. The van der Waals surface area contributed by atoms with Crippen LogP contribution in [0.4, 0.5) is 0 Å². The van der Waals surface area contributed by atoms with Crippen molar-refractivity contribution in [2.75, 3.05) is 6.61 Å². The van der Waals surface area contributed by atoms with E-state index in [-0.39, 0.29) is 12.4 Å². The first-order valence-electron chi connectivity index (χ1n) is 8.57. The molecule has 6 heteroatoms. The maximum absolute atomic E-state index is 12.5. The molecule has 0 saturated carbocycles. The molecule has 0 fully saturated rings. The molecule has 0 aliphatic heterocycles. The number of aromatic nitrogens is 1. The predicted molar refractivity (Wildman–Crippen MR) is 105 cm³/mol. The summed E-state index contributed by atoms with van der Waals surface area (Å²) in [5.74, 6) is 0.532. The lowest BCUT2D eigenvalue weighted by Crippen LogP contribution is -2.13. The maximum atomic E-state index is 12.5. The minimum Gasteiger partial charge on any atom is -0.462 e. The Labute approximate surface area is 161 Å². The van der Waals surface area contributed by atoms with E-state index in [9.17, 15) is 9.59 Å². The van der Waals surface area contributed by atoms with Gasteiger partial charge in [-0.05, 0) is 56.5 Å². The van der Waals surface area contributed by atoms with Crippen molar-refractivity contribution in [1.29, 1.82) is 0 Å². The standard InChI is InChI=1S/C21H21NO4S/c1-14-11-19(16(3)22(14)12-18-5-4-10-27-18)20(23)13-25-21(24)9-8-17-7-6-15(2)26-17/h4-11H,12-13H2,1-3H3/b9-8+. The number of rotatable bonds is 7. The Balaban J connectivity index is 1.61. The second-order valence-electron chi connectivity index (χ2n) is 6.26. The van der Waals surface area contributed by atoms with E-state index in [1.165, 1.54) is 17.0 Å². The summed E-state index contributed by atoms with van der Waals surface area (Å²) in [4.78, 5) is 25.5. The molecular formula is C21H21NO4S. The van der Waals surface area contributed by atoms with Crippen LogP contribution in [0.15, 0.2) is 46.2 Å². The van der Waals surface area contributed by atoms with Gasteiger partial charge in [0.2, 0.25) is 5.78 Å². The Hall–Kier alpha value is -2.86. The van der Waals surface area contributed by atoms with Gasteiger partial charge in [-0.3, -0.25) is 4.79 Å². The first-order valence-corrected chi connectivity index (χ1v) is 9.45. The van der Waals surface area contributed by atoms with Crippen molar-refractivity contribution in [2.45, 2.75) is 27.3 Å². The average molecular weight is 383 g/mol. The highest BCUT2D eigenvalue weighted by atomic mass is 32.1. The number of esters is 1. The van der Waals surface area contributed by atoms with Crippen molar-refractivity contribution in [3.8, 4) is 0 Å². The molecule has 0 aromatic carbocycles. The van der Waals surface area contributed by atoms with Crippen LogP contribution < -0.4 is 0 Å². The highest BCUT2D eigenvalue weighted by Crippen LogP contribution is 2.20. The highest BCUT2D eigenvalue weighted by Gasteiger charge is 2.17. The summed E-state index contributed by atoms with van der Waals surface area (Å²) in [6, 6.07) is 9.49. The number of nitrogens with zero attached hydrogens (tertiary/aromatic N) is 1. The summed E-state index contributed by atoms with van der Waals surface area (Å²) >= 11 is 1.68. The summed E-state index contributed by atoms with van der Waals surface area (Å²) in [6.45, 7) is 6.15. The number of aryl methyl sites for hydroxylation is 2. The molecule has 3 heterocycles. The van der Waals surface area contributed by atoms with E-state index in [0.29, 0.717) is 11.3 Å². The number of hydrogen-bond donors (Lipinski definition) is 0. The second-order valence-corrected chi connectivity index (χ2v) is 7.30. The molecule has 0 aliphatic rings. The van der Waals surface area contributed by atoms with Crippen LogP contribution in [0, 0.1) is 20.8 Å². The molecule has 0 radical (unpaired) electrons. The molecule has 3 aromatic heterocycles. The zero-order valence-corrected chi connectivity index (χ0v) is 16.3. The molecule has 140 valence electrons. The van der Waals surface area contributed by atoms with Gasteiger partial charge in [0.15, 0.2) is 6.61 Å². The van der Waals surface area contributed by atoms with Gasteiger partial charge in [-0.1, -0.05) is 6.07 Å². The van der Waals surface area contributed by atoms with Gasteiger partial charge in [-0.25, -0.2) is 4.79 Å². The first-order chi connectivity index (χ1) is 12.9. The fourth-order valence-electron chi connectivity index (χ4n) is 2.84. The number of ketones is 1. The Kier molecular flexibility index (Phi) is 5.76. The Morgan fingerprint density at radius 1 is 1.22 bits per heavy atom. The van der Waals surface area contributed by atoms with Gasteiger partial charge >= 0.3 is 5.97 Å². The van der Waals surface area contributed by atoms with Crippen LogP contribution in [0.25, 0.3) is 6.08 Å². The zero-order valence-electron chi connectivity index (χ0n) is 15.5. The summed E-state index contributed by atoms with van der Waals surface area (Å²) in [6.07, 6.45) is 2.78. The third-order valence-corrected chi connectivity index (χ3v) is 5.12. The lowest BCUT2D eigenvalue weighted by molar-refractivity contribution is -0.136. The van der Waals surface area contributed by atoms with E-state index < -0.39 is 5.97 Å². The minimum atomic E-state index is -0.579. The van der Waals surface area contributed by atoms with E-state index in [0.717, 1.165) is 23.7 Å². The van der Waals surface area contributed by atoms with Crippen LogP contribution in [0.2, 0.25) is 0 Å². The summed E-state index contributed by atoms with van der Waals surface area (Å²) in [5, 5.41) is 2.03. The number of thiophene rings is 1. The van der Waals surface area contributed by atoms with Crippen LogP contribution >= 0.6 is 11.3 Å². The Morgan fingerprint density at radius 2 is 2.04 bits per heavy atom. The van der Waals surface area contributed by atoms with Crippen molar-refractivity contribution in [2.24, 2.45) is 0 Å². The summed E-state index contributed by atoms with van der Waals surface area (Å²) in [7, 11) is 0.